The van der Waals surface area contributed by atoms with Crippen LogP contribution in [0.15, 0.2) is 36.6 Å². The van der Waals surface area contributed by atoms with Gasteiger partial charge in [-0.3, -0.25) is 4.79 Å². The van der Waals surface area contributed by atoms with Gasteiger partial charge in [0, 0.05) is 0 Å². The second-order valence-corrected chi connectivity index (χ2v) is 1.82. The minimum absolute atomic E-state index is 0.412. The number of ether oxygens (including phenoxy) is 1. The number of carbonyl (C=O) groups excluding carboxylic acids is 1. The van der Waals surface area contributed by atoms with Crippen molar-refractivity contribution in [3.05, 3.63) is 36.6 Å². The molecule has 0 aromatic heterocycles. The van der Waals surface area contributed by atoms with Gasteiger partial charge in [0.2, 0.25) is 0 Å². The zero-order chi connectivity index (χ0) is 8.53. The van der Waals surface area contributed by atoms with Gasteiger partial charge in [0.15, 0.2) is 0 Å². The van der Waals surface area contributed by atoms with Crippen LogP contribution in [-0.2, 0) is 9.53 Å². The maximum atomic E-state index is 9.93. The highest BCUT2D eigenvalue weighted by Gasteiger charge is 1.87. The van der Waals surface area contributed by atoms with Gasteiger partial charge >= 0.3 is 0 Å². The van der Waals surface area contributed by atoms with Gasteiger partial charge in [-0.25, -0.2) is 0 Å². The van der Waals surface area contributed by atoms with Gasteiger partial charge in [0.05, 0.1) is 0 Å². The maximum Gasteiger partial charge on any atom is 0.298 e. The molecular formula is C9H12O2. The van der Waals surface area contributed by atoms with E-state index in [1.807, 2.05) is 13.0 Å². The van der Waals surface area contributed by atoms with Crippen LogP contribution in [-0.4, -0.2) is 6.47 Å². The predicted molar refractivity (Wildman–Crippen MR) is 44.9 cm³/mol. The fourth-order valence-corrected chi connectivity index (χ4v) is 0.575. The number of allylic oxidation sites excluding steroid dienone is 4. The standard InChI is InChI=1S/C9H12O2/c1-3-5-7-9(6-4-2)11-8-10/h3,5-8H,1,4H2,2H3/b7-5-,9-6+. The van der Waals surface area contributed by atoms with Crippen molar-refractivity contribution in [3.63, 3.8) is 0 Å². The molecule has 0 spiro atoms. The molecule has 0 saturated heterocycles. The van der Waals surface area contributed by atoms with E-state index in [9.17, 15) is 4.79 Å². The molecule has 0 fully saturated rings. The molecule has 0 rings (SSSR count). The van der Waals surface area contributed by atoms with Crippen molar-refractivity contribution in [2.24, 2.45) is 0 Å². The smallest absolute Gasteiger partial charge is 0.298 e. The topological polar surface area (TPSA) is 26.3 Å². The van der Waals surface area contributed by atoms with Crippen LogP contribution in [0, 0.1) is 0 Å². The van der Waals surface area contributed by atoms with Gasteiger partial charge in [-0.15, -0.1) is 0 Å². The summed E-state index contributed by atoms with van der Waals surface area (Å²) >= 11 is 0. The highest BCUT2D eigenvalue weighted by Crippen LogP contribution is 1.99. The van der Waals surface area contributed by atoms with Crippen molar-refractivity contribution in [1.29, 1.82) is 0 Å². The molecule has 0 amide bonds. The molecule has 0 radical (unpaired) electrons. The quantitative estimate of drug-likeness (QED) is 0.343. The second-order valence-electron chi connectivity index (χ2n) is 1.82. The Morgan fingerprint density at radius 1 is 1.64 bits per heavy atom. The Bertz CT molecular complexity index is 178. The van der Waals surface area contributed by atoms with E-state index in [1.165, 1.54) is 0 Å². The first-order chi connectivity index (χ1) is 5.35. The summed E-state index contributed by atoms with van der Waals surface area (Å²) < 4.78 is 4.63. The van der Waals surface area contributed by atoms with E-state index in [2.05, 4.69) is 11.3 Å². The molecule has 2 nitrogen and oxygen atoms in total. The minimum atomic E-state index is 0.412. The van der Waals surface area contributed by atoms with Gasteiger partial charge < -0.3 is 4.74 Å². The van der Waals surface area contributed by atoms with Crippen molar-refractivity contribution in [3.8, 4) is 0 Å². The van der Waals surface area contributed by atoms with Gasteiger partial charge in [-0.05, 0) is 18.6 Å². The lowest BCUT2D eigenvalue weighted by Crippen LogP contribution is -1.84. The van der Waals surface area contributed by atoms with Crippen molar-refractivity contribution < 1.29 is 9.53 Å². The number of carbonyl (C=O) groups is 1. The van der Waals surface area contributed by atoms with Crippen LogP contribution < -0.4 is 0 Å². The van der Waals surface area contributed by atoms with Crippen molar-refractivity contribution in [1.82, 2.24) is 0 Å². The molecule has 11 heavy (non-hydrogen) atoms. The van der Waals surface area contributed by atoms with Crippen LogP contribution in [0.25, 0.3) is 0 Å². The molecule has 0 aromatic rings. The summed E-state index contributed by atoms with van der Waals surface area (Å²) in [5.41, 5.74) is 0. The van der Waals surface area contributed by atoms with Gasteiger partial charge in [-0.1, -0.05) is 25.7 Å². The molecule has 0 unspecified atom stereocenters. The molecule has 0 N–H and O–H groups in total. The fourth-order valence-electron chi connectivity index (χ4n) is 0.575. The first-order valence-corrected chi connectivity index (χ1v) is 3.44. The summed E-state index contributed by atoms with van der Waals surface area (Å²) in [5, 5.41) is 0. The number of hydrogen-bond donors (Lipinski definition) is 0. The normalized spacial score (nSPS) is 11.5. The molecule has 0 aliphatic heterocycles. The van der Waals surface area contributed by atoms with Crippen LogP contribution in [0.4, 0.5) is 0 Å². The molecular weight excluding hydrogens is 140 g/mol. The predicted octanol–water partition coefficient (Wildman–Crippen LogP) is 2.20. The van der Waals surface area contributed by atoms with Crippen molar-refractivity contribution in [2.45, 2.75) is 13.3 Å². The van der Waals surface area contributed by atoms with E-state index in [0.29, 0.717) is 12.2 Å². The average molecular weight is 152 g/mol. The van der Waals surface area contributed by atoms with E-state index >= 15 is 0 Å². The Kier molecular flexibility index (Phi) is 5.99. The summed E-state index contributed by atoms with van der Waals surface area (Å²) in [6.07, 6.45) is 7.67. The van der Waals surface area contributed by atoms with Crippen LogP contribution in [0.3, 0.4) is 0 Å². The van der Waals surface area contributed by atoms with Crippen LogP contribution >= 0.6 is 0 Å². The third-order valence-corrected chi connectivity index (χ3v) is 0.986. The Morgan fingerprint density at radius 3 is 2.82 bits per heavy atom. The number of hydrogen-bond acceptors (Lipinski definition) is 2. The third-order valence-electron chi connectivity index (χ3n) is 0.986. The van der Waals surface area contributed by atoms with E-state index in [4.69, 9.17) is 0 Å². The van der Waals surface area contributed by atoms with Crippen molar-refractivity contribution >= 4 is 6.47 Å². The summed E-state index contributed by atoms with van der Waals surface area (Å²) in [6, 6.07) is 0. The number of rotatable bonds is 5. The largest absolute Gasteiger partial charge is 0.429 e. The molecule has 0 aliphatic carbocycles. The molecule has 0 aliphatic rings. The molecule has 0 saturated carbocycles. The molecule has 0 atom stereocenters. The Morgan fingerprint density at radius 2 is 2.36 bits per heavy atom. The fraction of sp³-hybridized carbons (Fsp3) is 0.222. The maximum absolute atomic E-state index is 9.93. The molecule has 0 heterocycles. The average Bonchev–Trinajstić information content (AvgIpc) is 2.01. The lowest BCUT2D eigenvalue weighted by molar-refractivity contribution is -0.124. The molecule has 60 valence electrons. The van der Waals surface area contributed by atoms with E-state index in [-0.39, 0.29) is 0 Å². The van der Waals surface area contributed by atoms with Crippen LogP contribution in [0.1, 0.15) is 13.3 Å². The Balaban J connectivity index is 4.08. The van der Waals surface area contributed by atoms with E-state index in [0.717, 1.165) is 6.42 Å². The van der Waals surface area contributed by atoms with E-state index < -0.39 is 0 Å². The van der Waals surface area contributed by atoms with Crippen molar-refractivity contribution in [2.75, 3.05) is 0 Å². The Labute approximate surface area is 66.9 Å². The lowest BCUT2D eigenvalue weighted by atomic mass is 10.3. The summed E-state index contributed by atoms with van der Waals surface area (Å²) in [4.78, 5) is 9.93. The van der Waals surface area contributed by atoms with Crippen LogP contribution in [0.2, 0.25) is 0 Å². The lowest BCUT2D eigenvalue weighted by Gasteiger charge is -1.95. The SMILES string of the molecule is C=C/C=C\C(=C/CC)OC=O. The van der Waals surface area contributed by atoms with E-state index in [1.54, 1.807) is 18.2 Å². The molecule has 0 bridgehead atoms. The first kappa shape index (κ1) is 9.69. The zero-order valence-corrected chi connectivity index (χ0v) is 6.62. The second kappa shape index (κ2) is 6.81. The van der Waals surface area contributed by atoms with Gasteiger partial charge in [0.1, 0.15) is 5.76 Å². The monoisotopic (exact) mass is 152 g/mol. The first-order valence-electron chi connectivity index (χ1n) is 3.44. The molecule has 0 aromatic carbocycles. The zero-order valence-electron chi connectivity index (χ0n) is 6.62. The molecule has 2 heteroatoms. The highest BCUT2D eigenvalue weighted by atomic mass is 16.5. The third kappa shape index (κ3) is 5.15. The minimum Gasteiger partial charge on any atom is -0.429 e. The highest BCUT2D eigenvalue weighted by molar-refractivity contribution is 5.41. The van der Waals surface area contributed by atoms with Gasteiger partial charge in [-0.2, -0.15) is 0 Å². The summed E-state index contributed by atoms with van der Waals surface area (Å²) in [7, 11) is 0. The summed E-state index contributed by atoms with van der Waals surface area (Å²) in [5.74, 6) is 0.558. The van der Waals surface area contributed by atoms with Gasteiger partial charge in [0.25, 0.3) is 6.47 Å². The Hall–Kier alpha value is -1.31. The van der Waals surface area contributed by atoms with Crippen LogP contribution in [0.5, 0.6) is 0 Å². The summed E-state index contributed by atoms with van der Waals surface area (Å²) in [6.45, 7) is 5.87.